The van der Waals surface area contributed by atoms with E-state index in [4.69, 9.17) is 0 Å². The number of benzene rings is 2. The molecule has 2 aromatic carbocycles. The van der Waals surface area contributed by atoms with Crippen LogP contribution in [0.4, 0.5) is 11.4 Å². The minimum absolute atomic E-state index is 0.264. The molecular weight excluding hydrogens is 348 g/mol. The van der Waals surface area contributed by atoms with Gasteiger partial charge in [-0.05, 0) is 36.6 Å². The normalized spacial score (nSPS) is 19.5. The number of nitrogens with one attached hydrogen (secondary N) is 2. The van der Waals surface area contributed by atoms with Gasteiger partial charge in [0.2, 0.25) is 5.91 Å². The average molecular weight is 379 g/mol. The Bertz CT molecular complexity index is 771. The van der Waals surface area contributed by atoms with Gasteiger partial charge >= 0.3 is 0 Å². The van der Waals surface area contributed by atoms with Crippen LogP contribution in [-0.4, -0.2) is 50.1 Å². The Morgan fingerprint density at radius 2 is 1.75 bits per heavy atom. The van der Waals surface area contributed by atoms with Crippen LogP contribution in [-0.2, 0) is 4.79 Å². The minimum atomic E-state index is 0.264. The Morgan fingerprint density at radius 1 is 1.00 bits per heavy atom. The Kier molecular flexibility index (Phi) is 6.12. The molecule has 2 aliphatic heterocycles. The fourth-order valence-corrected chi connectivity index (χ4v) is 4.22. The third-order valence-corrected chi connectivity index (χ3v) is 5.80. The van der Waals surface area contributed by atoms with Crippen LogP contribution in [0.2, 0.25) is 0 Å². The van der Waals surface area contributed by atoms with Crippen LogP contribution in [0.5, 0.6) is 0 Å². The second-order valence-corrected chi connectivity index (χ2v) is 7.62. The van der Waals surface area contributed by atoms with Gasteiger partial charge in [-0.25, -0.2) is 0 Å². The van der Waals surface area contributed by atoms with Crippen LogP contribution in [0.25, 0.3) is 0 Å². The van der Waals surface area contributed by atoms with Gasteiger partial charge in [-0.2, -0.15) is 0 Å². The number of hydrogen-bond acceptors (Lipinski definition) is 4. The van der Waals surface area contributed by atoms with E-state index in [1.54, 1.807) is 0 Å². The average Bonchev–Trinajstić information content (AvgIpc) is 2.97. The van der Waals surface area contributed by atoms with Gasteiger partial charge in [0.05, 0.1) is 0 Å². The molecule has 2 aliphatic rings. The fourth-order valence-electron chi connectivity index (χ4n) is 4.22. The molecule has 4 rings (SSSR count). The Labute approximate surface area is 167 Å². The van der Waals surface area contributed by atoms with Gasteiger partial charge in [0, 0.05) is 63.1 Å². The molecular formula is C23H30N4O. The molecule has 1 amide bonds. The van der Waals surface area contributed by atoms with Gasteiger partial charge in [0.15, 0.2) is 0 Å². The first-order chi connectivity index (χ1) is 13.8. The van der Waals surface area contributed by atoms with Gasteiger partial charge in [-0.3, -0.25) is 4.79 Å². The SMILES string of the molecule is O=C(CCN[C@@H]1CCCNc2ccccc21)N1CCN(c2ccccc2)CC1. The smallest absolute Gasteiger partial charge is 0.223 e. The summed E-state index contributed by atoms with van der Waals surface area (Å²) in [6, 6.07) is 19.3. The van der Waals surface area contributed by atoms with Crippen LogP contribution in [0.1, 0.15) is 30.9 Å². The highest BCUT2D eigenvalue weighted by Gasteiger charge is 2.22. The first kappa shape index (κ1) is 18.8. The van der Waals surface area contributed by atoms with Crippen molar-refractivity contribution in [3.8, 4) is 0 Å². The van der Waals surface area contributed by atoms with Gasteiger partial charge in [0.1, 0.15) is 0 Å². The topological polar surface area (TPSA) is 47.6 Å². The first-order valence-corrected chi connectivity index (χ1v) is 10.5. The van der Waals surface area contributed by atoms with Gasteiger partial charge in [-0.15, -0.1) is 0 Å². The maximum Gasteiger partial charge on any atom is 0.223 e. The van der Waals surface area contributed by atoms with E-state index >= 15 is 0 Å². The van der Waals surface area contributed by atoms with Crippen LogP contribution in [0.15, 0.2) is 54.6 Å². The highest BCUT2D eigenvalue weighted by atomic mass is 16.2. The zero-order chi connectivity index (χ0) is 19.2. The summed E-state index contributed by atoms with van der Waals surface area (Å²) in [5.74, 6) is 0.264. The zero-order valence-electron chi connectivity index (χ0n) is 16.4. The zero-order valence-corrected chi connectivity index (χ0v) is 16.4. The summed E-state index contributed by atoms with van der Waals surface area (Å²) in [6.45, 7) is 5.18. The molecule has 0 saturated carbocycles. The molecule has 1 atom stereocenters. The lowest BCUT2D eigenvalue weighted by molar-refractivity contribution is -0.131. The Hall–Kier alpha value is -2.53. The van der Waals surface area contributed by atoms with Crippen molar-refractivity contribution in [2.24, 2.45) is 0 Å². The lowest BCUT2D eigenvalue weighted by atomic mass is 10.0. The summed E-state index contributed by atoms with van der Waals surface area (Å²) in [5.41, 5.74) is 3.79. The van der Waals surface area contributed by atoms with E-state index in [1.165, 1.54) is 16.9 Å². The number of nitrogens with zero attached hydrogens (tertiary/aromatic N) is 2. The quantitative estimate of drug-likeness (QED) is 0.838. The third-order valence-electron chi connectivity index (χ3n) is 5.80. The second kappa shape index (κ2) is 9.11. The predicted octanol–water partition coefficient (Wildman–Crippen LogP) is 3.26. The number of hydrogen-bond donors (Lipinski definition) is 2. The molecule has 0 spiro atoms. The summed E-state index contributed by atoms with van der Waals surface area (Å²) >= 11 is 0. The number of para-hydroxylation sites is 2. The Morgan fingerprint density at radius 3 is 2.57 bits per heavy atom. The van der Waals surface area contributed by atoms with Crippen molar-refractivity contribution in [1.29, 1.82) is 0 Å². The molecule has 0 bridgehead atoms. The van der Waals surface area contributed by atoms with Gasteiger partial charge < -0.3 is 20.4 Å². The highest BCUT2D eigenvalue weighted by Crippen LogP contribution is 2.29. The highest BCUT2D eigenvalue weighted by molar-refractivity contribution is 5.76. The summed E-state index contributed by atoms with van der Waals surface area (Å²) < 4.78 is 0. The van der Waals surface area contributed by atoms with E-state index in [9.17, 15) is 4.79 Å². The molecule has 28 heavy (non-hydrogen) atoms. The molecule has 5 nitrogen and oxygen atoms in total. The summed E-state index contributed by atoms with van der Waals surface area (Å²) in [5, 5.41) is 7.13. The van der Waals surface area contributed by atoms with Crippen molar-refractivity contribution in [2.75, 3.05) is 49.5 Å². The van der Waals surface area contributed by atoms with E-state index < -0.39 is 0 Å². The summed E-state index contributed by atoms with van der Waals surface area (Å²) in [4.78, 5) is 17.0. The molecule has 1 saturated heterocycles. The largest absolute Gasteiger partial charge is 0.385 e. The van der Waals surface area contributed by atoms with Crippen LogP contribution in [0, 0.1) is 0 Å². The number of rotatable bonds is 5. The molecule has 2 N–H and O–H groups in total. The fraction of sp³-hybridized carbons (Fsp3) is 0.435. The van der Waals surface area contributed by atoms with E-state index in [0.717, 1.165) is 52.1 Å². The van der Waals surface area contributed by atoms with Crippen molar-refractivity contribution >= 4 is 17.3 Å². The molecule has 0 unspecified atom stereocenters. The molecule has 2 aromatic rings. The van der Waals surface area contributed by atoms with E-state index in [-0.39, 0.29) is 5.91 Å². The van der Waals surface area contributed by atoms with Crippen LogP contribution >= 0.6 is 0 Å². The van der Waals surface area contributed by atoms with Gasteiger partial charge in [-0.1, -0.05) is 36.4 Å². The number of amides is 1. The lowest BCUT2D eigenvalue weighted by Crippen LogP contribution is -2.49. The van der Waals surface area contributed by atoms with Gasteiger partial charge in [0.25, 0.3) is 0 Å². The van der Waals surface area contributed by atoms with Crippen molar-refractivity contribution < 1.29 is 4.79 Å². The summed E-state index contributed by atoms with van der Waals surface area (Å²) in [7, 11) is 0. The van der Waals surface area contributed by atoms with E-state index in [2.05, 4.69) is 64.1 Å². The number of piperazine rings is 1. The summed E-state index contributed by atoms with van der Waals surface area (Å²) in [6.07, 6.45) is 2.81. The number of anilines is 2. The maximum atomic E-state index is 12.7. The molecule has 1 fully saturated rings. The molecule has 0 aliphatic carbocycles. The monoisotopic (exact) mass is 378 g/mol. The first-order valence-electron chi connectivity index (χ1n) is 10.5. The third kappa shape index (κ3) is 4.47. The van der Waals surface area contributed by atoms with E-state index in [1.807, 2.05) is 11.0 Å². The second-order valence-electron chi connectivity index (χ2n) is 7.62. The molecule has 5 heteroatoms. The van der Waals surface area contributed by atoms with Crippen molar-refractivity contribution in [3.63, 3.8) is 0 Å². The molecule has 2 heterocycles. The minimum Gasteiger partial charge on any atom is -0.385 e. The lowest BCUT2D eigenvalue weighted by Gasteiger charge is -2.36. The van der Waals surface area contributed by atoms with Crippen LogP contribution < -0.4 is 15.5 Å². The standard InChI is InChI=1S/C23H30N4O/c28-23(27-17-15-26(16-18-27)19-7-2-1-3-8-19)12-14-25-22-11-6-13-24-21-10-5-4-9-20(21)22/h1-5,7-10,22,24-25H,6,11-18H2/t22-/m1/s1. The van der Waals surface area contributed by atoms with E-state index in [0.29, 0.717) is 12.5 Å². The predicted molar refractivity (Wildman–Crippen MR) is 115 cm³/mol. The number of carbonyl (C=O) groups excluding carboxylic acids is 1. The molecule has 0 aromatic heterocycles. The van der Waals surface area contributed by atoms with Crippen molar-refractivity contribution in [3.05, 3.63) is 60.2 Å². The van der Waals surface area contributed by atoms with Crippen molar-refractivity contribution in [1.82, 2.24) is 10.2 Å². The van der Waals surface area contributed by atoms with Crippen LogP contribution in [0.3, 0.4) is 0 Å². The maximum absolute atomic E-state index is 12.7. The molecule has 148 valence electrons. The number of carbonyl (C=O) groups is 1. The molecule has 0 radical (unpaired) electrons. The number of fused-ring (bicyclic) bond motifs is 1. The van der Waals surface area contributed by atoms with Crippen molar-refractivity contribution in [2.45, 2.75) is 25.3 Å². The Balaban J connectivity index is 1.24.